The number of ether oxygens (including phenoxy) is 2. The Hall–Kier alpha value is -4.07. The van der Waals surface area contributed by atoms with Crippen molar-refractivity contribution in [1.82, 2.24) is 0 Å². The van der Waals surface area contributed by atoms with Crippen molar-refractivity contribution in [2.24, 2.45) is 0 Å². The lowest BCUT2D eigenvalue weighted by atomic mass is 10.1. The maximum absolute atomic E-state index is 13.1. The van der Waals surface area contributed by atoms with Crippen LogP contribution in [-0.2, 0) is 20.5 Å². The lowest BCUT2D eigenvalue weighted by Crippen LogP contribution is -2.25. The first-order valence-corrected chi connectivity index (χ1v) is 10.2. The highest BCUT2D eigenvalue weighted by molar-refractivity contribution is 5.98. The third-order valence-corrected chi connectivity index (χ3v) is 4.81. The Labute approximate surface area is 194 Å². The van der Waals surface area contributed by atoms with Gasteiger partial charge in [-0.3, -0.25) is 4.79 Å². The molecule has 0 heterocycles. The molecule has 0 aromatic heterocycles. The molecule has 0 spiro atoms. The van der Waals surface area contributed by atoms with Gasteiger partial charge in [0.25, 0.3) is 5.91 Å². The van der Waals surface area contributed by atoms with Crippen LogP contribution >= 0.6 is 0 Å². The molecule has 1 atom stereocenters. The molecular formula is C26H22F3NO4. The van der Waals surface area contributed by atoms with Gasteiger partial charge in [-0.25, -0.2) is 4.79 Å². The van der Waals surface area contributed by atoms with Gasteiger partial charge in [0.05, 0.1) is 18.4 Å². The Bertz CT molecular complexity index is 1190. The molecule has 34 heavy (non-hydrogen) atoms. The molecule has 0 aliphatic rings. The summed E-state index contributed by atoms with van der Waals surface area (Å²) in [4.78, 5) is 25.5. The molecule has 0 unspecified atom stereocenters. The molecule has 3 aromatic carbocycles. The summed E-state index contributed by atoms with van der Waals surface area (Å²) < 4.78 is 49.4. The summed E-state index contributed by atoms with van der Waals surface area (Å²) >= 11 is 0. The first kappa shape index (κ1) is 24.6. The normalized spacial score (nSPS) is 12.3. The molecule has 1 amide bonds. The number of alkyl halides is 3. The number of carbonyl (C=O) groups excluding carboxylic acids is 2. The number of methoxy groups -OCH3 is 1. The zero-order valence-electron chi connectivity index (χ0n) is 18.4. The minimum absolute atomic E-state index is 0.164. The first-order valence-electron chi connectivity index (χ1n) is 10.2. The van der Waals surface area contributed by atoms with E-state index in [4.69, 9.17) is 9.47 Å². The number of esters is 1. The van der Waals surface area contributed by atoms with Crippen molar-refractivity contribution in [3.8, 4) is 5.75 Å². The zero-order valence-corrected chi connectivity index (χ0v) is 18.4. The van der Waals surface area contributed by atoms with Crippen molar-refractivity contribution in [3.05, 3.63) is 101 Å². The van der Waals surface area contributed by atoms with E-state index in [9.17, 15) is 22.8 Å². The van der Waals surface area contributed by atoms with Crippen LogP contribution in [0.5, 0.6) is 5.75 Å². The van der Waals surface area contributed by atoms with Gasteiger partial charge < -0.3 is 14.8 Å². The number of hydrogen-bond acceptors (Lipinski definition) is 4. The fourth-order valence-electron chi connectivity index (χ4n) is 3.16. The third-order valence-electron chi connectivity index (χ3n) is 4.81. The molecule has 0 saturated carbocycles. The highest BCUT2D eigenvalue weighted by atomic mass is 19.4. The first-order chi connectivity index (χ1) is 16.2. The minimum Gasteiger partial charge on any atom is -0.495 e. The lowest BCUT2D eigenvalue weighted by molar-refractivity contribution is -0.149. The summed E-state index contributed by atoms with van der Waals surface area (Å²) in [7, 11) is 1.47. The summed E-state index contributed by atoms with van der Waals surface area (Å²) in [6, 6.07) is 18.1. The van der Waals surface area contributed by atoms with Gasteiger partial charge in [0, 0.05) is 11.6 Å². The Kier molecular flexibility index (Phi) is 7.73. The molecular weight excluding hydrogens is 447 g/mol. The van der Waals surface area contributed by atoms with Crippen LogP contribution in [0.4, 0.5) is 18.9 Å². The van der Waals surface area contributed by atoms with Gasteiger partial charge in [-0.1, -0.05) is 48.5 Å². The zero-order chi connectivity index (χ0) is 24.7. The average Bonchev–Trinajstić information content (AvgIpc) is 2.81. The van der Waals surface area contributed by atoms with Crippen LogP contribution in [-0.4, -0.2) is 19.0 Å². The summed E-state index contributed by atoms with van der Waals surface area (Å²) in [5.74, 6) is -1.07. The molecule has 0 aliphatic heterocycles. The van der Waals surface area contributed by atoms with Crippen LogP contribution < -0.4 is 10.1 Å². The third kappa shape index (κ3) is 6.48. The number of hydrogen-bond donors (Lipinski definition) is 1. The van der Waals surface area contributed by atoms with Crippen molar-refractivity contribution in [2.75, 3.05) is 12.4 Å². The van der Waals surface area contributed by atoms with Gasteiger partial charge in [0.2, 0.25) is 6.10 Å². The Morgan fingerprint density at radius 3 is 2.38 bits per heavy atom. The number of rotatable bonds is 7. The van der Waals surface area contributed by atoms with E-state index in [-0.39, 0.29) is 5.56 Å². The van der Waals surface area contributed by atoms with Gasteiger partial charge >= 0.3 is 12.1 Å². The summed E-state index contributed by atoms with van der Waals surface area (Å²) in [5.41, 5.74) is 1.04. The molecule has 1 N–H and O–H groups in total. The number of aryl methyl sites for hydroxylation is 1. The van der Waals surface area contributed by atoms with Gasteiger partial charge in [-0.15, -0.1) is 0 Å². The van der Waals surface area contributed by atoms with Crippen LogP contribution in [0.15, 0.2) is 78.9 Å². The molecule has 3 aromatic rings. The second kappa shape index (κ2) is 10.7. The molecule has 0 saturated heterocycles. The van der Waals surface area contributed by atoms with E-state index < -0.39 is 29.7 Å². The van der Waals surface area contributed by atoms with Gasteiger partial charge in [0.15, 0.2) is 0 Å². The highest BCUT2D eigenvalue weighted by Crippen LogP contribution is 2.30. The van der Waals surface area contributed by atoms with Crippen molar-refractivity contribution in [3.63, 3.8) is 0 Å². The summed E-state index contributed by atoms with van der Waals surface area (Å²) in [5, 5.41) is 2.71. The summed E-state index contributed by atoms with van der Waals surface area (Å²) in [6.07, 6.45) is -3.63. The predicted molar refractivity (Wildman–Crippen MR) is 122 cm³/mol. The molecule has 0 aliphatic carbocycles. The number of carbonyl (C=O) groups is 2. The fourth-order valence-corrected chi connectivity index (χ4v) is 3.16. The number of anilines is 1. The minimum atomic E-state index is -4.50. The van der Waals surface area contributed by atoms with Gasteiger partial charge in [-0.2, -0.15) is 13.2 Å². The Balaban J connectivity index is 1.81. The topological polar surface area (TPSA) is 64.6 Å². The maximum atomic E-state index is 13.1. The lowest BCUT2D eigenvalue weighted by Gasteiger charge is -2.18. The standard InChI is InChI=1S/C26H22F3NO4/c1-17-11-13-22(33-2)21(15-17)30-25(32)24(19-8-4-3-5-9-19)34-23(31)14-12-18-7-6-10-20(16-18)26(27,28)29/h3-16,24H,1-2H3,(H,30,32)/b14-12+/t24-/m1/s1. The highest BCUT2D eigenvalue weighted by Gasteiger charge is 2.30. The summed E-state index contributed by atoms with van der Waals surface area (Å²) in [6.45, 7) is 1.85. The van der Waals surface area contributed by atoms with Crippen molar-refractivity contribution in [2.45, 2.75) is 19.2 Å². The molecule has 0 bridgehead atoms. The molecule has 3 rings (SSSR count). The molecule has 176 valence electrons. The fraction of sp³-hybridized carbons (Fsp3) is 0.154. The van der Waals surface area contributed by atoms with E-state index >= 15 is 0 Å². The van der Waals surface area contributed by atoms with E-state index in [2.05, 4.69) is 5.32 Å². The quantitative estimate of drug-likeness (QED) is 0.343. The Morgan fingerprint density at radius 2 is 1.71 bits per heavy atom. The van der Waals surface area contributed by atoms with E-state index in [1.165, 1.54) is 25.3 Å². The monoisotopic (exact) mass is 469 g/mol. The van der Waals surface area contributed by atoms with E-state index in [1.54, 1.807) is 42.5 Å². The van der Waals surface area contributed by atoms with Crippen LogP contribution in [0.3, 0.4) is 0 Å². The predicted octanol–water partition coefficient (Wildman–Crippen LogP) is 5.96. The maximum Gasteiger partial charge on any atom is 0.416 e. The SMILES string of the molecule is COc1ccc(C)cc1NC(=O)[C@H](OC(=O)/C=C/c1cccc(C(F)(F)F)c1)c1ccccc1. The van der Waals surface area contributed by atoms with Gasteiger partial charge in [0.1, 0.15) is 5.75 Å². The smallest absolute Gasteiger partial charge is 0.416 e. The number of benzene rings is 3. The van der Waals surface area contributed by atoms with Crippen LogP contribution in [0, 0.1) is 6.92 Å². The van der Waals surface area contributed by atoms with E-state index in [0.29, 0.717) is 17.0 Å². The molecule has 0 fully saturated rings. The number of halogens is 3. The van der Waals surface area contributed by atoms with Crippen molar-refractivity contribution >= 4 is 23.6 Å². The average molecular weight is 469 g/mol. The van der Waals surface area contributed by atoms with Crippen molar-refractivity contribution in [1.29, 1.82) is 0 Å². The van der Waals surface area contributed by atoms with Crippen LogP contribution in [0.1, 0.15) is 28.4 Å². The Morgan fingerprint density at radius 1 is 0.971 bits per heavy atom. The van der Waals surface area contributed by atoms with Gasteiger partial charge in [-0.05, 0) is 48.4 Å². The second-order valence-electron chi connectivity index (χ2n) is 7.38. The van der Waals surface area contributed by atoms with Crippen LogP contribution in [0.25, 0.3) is 6.08 Å². The molecule has 8 heteroatoms. The molecule has 5 nitrogen and oxygen atoms in total. The number of amides is 1. The molecule has 0 radical (unpaired) electrons. The van der Waals surface area contributed by atoms with Crippen molar-refractivity contribution < 1.29 is 32.2 Å². The second-order valence-corrected chi connectivity index (χ2v) is 7.38. The number of nitrogens with one attached hydrogen (secondary N) is 1. The van der Waals surface area contributed by atoms with E-state index in [0.717, 1.165) is 23.8 Å². The largest absolute Gasteiger partial charge is 0.495 e. The van der Waals surface area contributed by atoms with Crippen LogP contribution in [0.2, 0.25) is 0 Å². The van der Waals surface area contributed by atoms with E-state index in [1.807, 2.05) is 13.0 Å².